The standard InChI is InChI=1S/C10H16Cl2N4/c1-6(2)5-16(7(3)4)9-8(11)14-15-10(12)13-9/h6-7H,5H2,1-4H3. The van der Waals surface area contributed by atoms with E-state index in [1.165, 1.54) is 0 Å². The monoisotopic (exact) mass is 262 g/mol. The van der Waals surface area contributed by atoms with E-state index in [0.29, 0.717) is 16.9 Å². The van der Waals surface area contributed by atoms with Crippen LogP contribution >= 0.6 is 23.2 Å². The van der Waals surface area contributed by atoms with E-state index in [4.69, 9.17) is 23.2 Å². The summed E-state index contributed by atoms with van der Waals surface area (Å²) in [6, 6.07) is 0.285. The minimum absolute atomic E-state index is 0.119. The Morgan fingerprint density at radius 3 is 2.25 bits per heavy atom. The molecule has 0 spiro atoms. The van der Waals surface area contributed by atoms with Crippen LogP contribution in [0.5, 0.6) is 0 Å². The van der Waals surface area contributed by atoms with Crippen LogP contribution in [0.25, 0.3) is 0 Å². The van der Waals surface area contributed by atoms with Gasteiger partial charge in [-0.1, -0.05) is 25.4 Å². The van der Waals surface area contributed by atoms with E-state index in [0.717, 1.165) is 6.54 Å². The topological polar surface area (TPSA) is 41.9 Å². The predicted octanol–water partition coefficient (Wildman–Crippen LogP) is 3.05. The molecular weight excluding hydrogens is 247 g/mol. The summed E-state index contributed by atoms with van der Waals surface area (Å²) in [4.78, 5) is 6.21. The van der Waals surface area contributed by atoms with Gasteiger partial charge < -0.3 is 4.90 Å². The second-order valence-electron chi connectivity index (χ2n) is 4.34. The van der Waals surface area contributed by atoms with Gasteiger partial charge in [-0.3, -0.25) is 0 Å². The fourth-order valence-electron chi connectivity index (χ4n) is 1.40. The number of rotatable bonds is 4. The van der Waals surface area contributed by atoms with Crippen LogP contribution in [0.3, 0.4) is 0 Å². The lowest BCUT2D eigenvalue weighted by molar-refractivity contribution is 0.564. The maximum atomic E-state index is 5.98. The zero-order valence-corrected chi connectivity index (χ0v) is 11.4. The molecule has 0 bridgehead atoms. The van der Waals surface area contributed by atoms with Crippen molar-refractivity contribution in [2.24, 2.45) is 5.92 Å². The van der Waals surface area contributed by atoms with Crippen molar-refractivity contribution in [3.05, 3.63) is 10.4 Å². The average molecular weight is 263 g/mol. The van der Waals surface area contributed by atoms with Crippen molar-refractivity contribution in [1.29, 1.82) is 0 Å². The molecule has 1 rings (SSSR count). The zero-order valence-electron chi connectivity index (χ0n) is 9.91. The van der Waals surface area contributed by atoms with Crippen LogP contribution in [-0.4, -0.2) is 27.8 Å². The Kier molecular flexibility index (Phi) is 4.74. The van der Waals surface area contributed by atoms with Crippen LogP contribution in [0, 0.1) is 5.92 Å². The van der Waals surface area contributed by atoms with E-state index in [-0.39, 0.29) is 11.3 Å². The molecule has 16 heavy (non-hydrogen) atoms. The molecule has 0 saturated heterocycles. The third-order valence-corrected chi connectivity index (χ3v) is 2.46. The van der Waals surface area contributed by atoms with E-state index in [1.54, 1.807) is 0 Å². The minimum atomic E-state index is 0.119. The highest BCUT2D eigenvalue weighted by molar-refractivity contribution is 6.32. The summed E-state index contributed by atoms with van der Waals surface area (Å²) in [5, 5.41) is 7.78. The van der Waals surface area contributed by atoms with Crippen molar-refractivity contribution in [3.8, 4) is 0 Å². The quantitative estimate of drug-likeness (QED) is 0.837. The van der Waals surface area contributed by atoms with Crippen LogP contribution in [0.15, 0.2) is 0 Å². The van der Waals surface area contributed by atoms with Gasteiger partial charge in [-0.15, -0.1) is 10.2 Å². The van der Waals surface area contributed by atoms with Crippen molar-refractivity contribution in [3.63, 3.8) is 0 Å². The molecule has 6 heteroatoms. The molecule has 4 nitrogen and oxygen atoms in total. The third-order valence-electron chi connectivity index (χ3n) is 2.06. The Morgan fingerprint density at radius 2 is 1.75 bits per heavy atom. The first-order valence-electron chi connectivity index (χ1n) is 5.24. The summed E-state index contributed by atoms with van der Waals surface area (Å²) in [6.45, 7) is 9.29. The van der Waals surface area contributed by atoms with E-state index in [9.17, 15) is 0 Å². The smallest absolute Gasteiger partial charge is 0.245 e. The molecule has 0 unspecified atom stereocenters. The summed E-state index contributed by atoms with van der Waals surface area (Å²) in [5.41, 5.74) is 0. The maximum Gasteiger partial charge on any atom is 0.245 e. The van der Waals surface area contributed by atoms with E-state index >= 15 is 0 Å². The molecule has 0 radical (unpaired) electrons. The predicted molar refractivity (Wildman–Crippen MR) is 67.2 cm³/mol. The second-order valence-corrected chi connectivity index (χ2v) is 5.03. The van der Waals surface area contributed by atoms with Gasteiger partial charge in [-0.25, -0.2) is 0 Å². The number of nitrogens with zero attached hydrogens (tertiary/aromatic N) is 4. The number of aromatic nitrogens is 3. The van der Waals surface area contributed by atoms with Gasteiger partial charge in [0.05, 0.1) is 0 Å². The molecule has 0 aliphatic heterocycles. The molecule has 0 aliphatic carbocycles. The summed E-state index contributed by atoms with van der Waals surface area (Å²) < 4.78 is 0. The third kappa shape index (κ3) is 3.46. The zero-order chi connectivity index (χ0) is 12.3. The fourth-order valence-corrected chi connectivity index (χ4v) is 1.71. The Bertz CT molecular complexity index is 355. The normalized spacial score (nSPS) is 11.2. The van der Waals surface area contributed by atoms with Crippen molar-refractivity contribution >= 4 is 29.0 Å². The highest BCUT2D eigenvalue weighted by atomic mass is 35.5. The molecule has 0 saturated carbocycles. The lowest BCUT2D eigenvalue weighted by atomic mass is 10.2. The second kappa shape index (κ2) is 5.64. The van der Waals surface area contributed by atoms with Gasteiger partial charge >= 0.3 is 0 Å². The molecule has 0 aromatic carbocycles. The Hall–Kier alpha value is -0.610. The molecule has 1 heterocycles. The molecule has 1 aromatic rings. The van der Waals surface area contributed by atoms with Gasteiger partial charge in [0.15, 0.2) is 11.0 Å². The average Bonchev–Trinajstić information content (AvgIpc) is 2.18. The van der Waals surface area contributed by atoms with E-state index in [1.807, 2.05) is 0 Å². The van der Waals surface area contributed by atoms with Crippen molar-refractivity contribution in [1.82, 2.24) is 15.2 Å². The van der Waals surface area contributed by atoms with Gasteiger partial charge in [-0.05, 0) is 31.4 Å². The van der Waals surface area contributed by atoms with E-state index in [2.05, 4.69) is 47.8 Å². The number of hydrogen-bond acceptors (Lipinski definition) is 4. The van der Waals surface area contributed by atoms with Crippen molar-refractivity contribution in [2.45, 2.75) is 33.7 Å². The highest BCUT2D eigenvalue weighted by Gasteiger charge is 2.18. The first-order valence-corrected chi connectivity index (χ1v) is 5.99. The number of anilines is 1. The molecule has 0 N–H and O–H groups in total. The Labute approximate surface area is 106 Å². The van der Waals surface area contributed by atoms with Crippen molar-refractivity contribution in [2.75, 3.05) is 11.4 Å². The van der Waals surface area contributed by atoms with Gasteiger partial charge in [0, 0.05) is 12.6 Å². The van der Waals surface area contributed by atoms with Crippen LogP contribution in [0.1, 0.15) is 27.7 Å². The summed E-state index contributed by atoms with van der Waals surface area (Å²) in [5.74, 6) is 1.11. The Morgan fingerprint density at radius 1 is 1.12 bits per heavy atom. The largest absolute Gasteiger partial charge is 0.351 e. The number of halogens is 2. The van der Waals surface area contributed by atoms with Gasteiger partial charge in [0.1, 0.15) is 0 Å². The SMILES string of the molecule is CC(C)CN(c1nc(Cl)nnc1Cl)C(C)C. The fraction of sp³-hybridized carbons (Fsp3) is 0.700. The van der Waals surface area contributed by atoms with Crippen LogP contribution in [0.2, 0.25) is 10.4 Å². The van der Waals surface area contributed by atoms with E-state index < -0.39 is 0 Å². The number of hydrogen-bond donors (Lipinski definition) is 0. The molecule has 0 fully saturated rings. The Balaban J connectivity index is 3.05. The molecular formula is C10H16Cl2N4. The van der Waals surface area contributed by atoms with Gasteiger partial charge in [-0.2, -0.15) is 4.98 Å². The lowest BCUT2D eigenvalue weighted by Gasteiger charge is -2.29. The summed E-state index contributed by atoms with van der Waals surface area (Å²) in [6.07, 6.45) is 0. The lowest BCUT2D eigenvalue weighted by Crippen LogP contribution is -2.35. The molecule has 1 aromatic heterocycles. The maximum absolute atomic E-state index is 5.98. The summed E-state index contributed by atoms with van der Waals surface area (Å²) >= 11 is 11.7. The first-order chi connectivity index (χ1) is 7.41. The van der Waals surface area contributed by atoms with Gasteiger partial charge in [0.25, 0.3) is 0 Å². The highest BCUT2D eigenvalue weighted by Crippen LogP contribution is 2.24. The minimum Gasteiger partial charge on any atom is -0.351 e. The van der Waals surface area contributed by atoms with Crippen molar-refractivity contribution < 1.29 is 0 Å². The van der Waals surface area contributed by atoms with Crippen LogP contribution in [0.4, 0.5) is 5.82 Å². The molecule has 0 aliphatic rings. The molecule has 90 valence electrons. The molecule has 0 amide bonds. The van der Waals surface area contributed by atoms with Crippen LogP contribution < -0.4 is 4.90 Å². The van der Waals surface area contributed by atoms with Gasteiger partial charge in [0.2, 0.25) is 5.28 Å². The first kappa shape index (κ1) is 13.5. The molecule has 0 atom stereocenters. The van der Waals surface area contributed by atoms with Crippen LogP contribution in [-0.2, 0) is 0 Å². The summed E-state index contributed by atoms with van der Waals surface area (Å²) in [7, 11) is 0.